The number of hydrogen-bond acceptors (Lipinski definition) is 6. The Hall–Kier alpha value is -1.18. The SMILES string of the molecule is O=C(O)CC(OCCO)C(=O)OCCO. The van der Waals surface area contributed by atoms with E-state index in [2.05, 4.69) is 4.74 Å². The molecule has 0 bridgehead atoms. The second-order valence-electron chi connectivity index (χ2n) is 2.57. The molecule has 7 nitrogen and oxygen atoms in total. The molecule has 0 amide bonds. The van der Waals surface area contributed by atoms with Gasteiger partial charge < -0.3 is 24.8 Å². The van der Waals surface area contributed by atoms with E-state index in [4.69, 9.17) is 20.1 Å². The lowest BCUT2D eigenvalue weighted by atomic mass is 10.2. The third-order valence-corrected chi connectivity index (χ3v) is 1.37. The van der Waals surface area contributed by atoms with Crippen LogP contribution in [-0.2, 0) is 19.1 Å². The van der Waals surface area contributed by atoms with Crippen molar-refractivity contribution in [2.75, 3.05) is 26.4 Å². The number of rotatable bonds is 8. The topological polar surface area (TPSA) is 113 Å². The van der Waals surface area contributed by atoms with E-state index in [9.17, 15) is 9.59 Å². The third-order valence-electron chi connectivity index (χ3n) is 1.37. The second-order valence-corrected chi connectivity index (χ2v) is 2.57. The minimum atomic E-state index is -1.25. The zero-order valence-corrected chi connectivity index (χ0v) is 8.09. The van der Waals surface area contributed by atoms with Crippen LogP contribution in [0.15, 0.2) is 0 Å². The highest BCUT2D eigenvalue weighted by atomic mass is 16.6. The number of aliphatic carboxylic acids is 1. The average Bonchev–Trinajstić information content (AvgIpc) is 2.20. The van der Waals surface area contributed by atoms with Crippen LogP contribution in [0.25, 0.3) is 0 Å². The Morgan fingerprint density at radius 3 is 2.20 bits per heavy atom. The van der Waals surface area contributed by atoms with Crippen molar-refractivity contribution in [3.8, 4) is 0 Å². The molecule has 0 aliphatic rings. The molecule has 7 heteroatoms. The number of aliphatic hydroxyl groups is 2. The highest BCUT2D eigenvalue weighted by molar-refractivity contribution is 5.81. The molecule has 0 radical (unpaired) electrons. The molecule has 0 heterocycles. The Kier molecular flexibility index (Phi) is 7.51. The molecule has 0 aromatic carbocycles. The third kappa shape index (κ3) is 6.83. The minimum absolute atomic E-state index is 0.147. The smallest absolute Gasteiger partial charge is 0.335 e. The van der Waals surface area contributed by atoms with Crippen LogP contribution in [-0.4, -0.2) is 59.8 Å². The van der Waals surface area contributed by atoms with Crippen LogP contribution in [0.1, 0.15) is 6.42 Å². The number of aliphatic hydroxyl groups excluding tert-OH is 2. The van der Waals surface area contributed by atoms with Crippen molar-refractivity contribution in [3.05, 3.63) is 0 Å². The lowest BCUT2D eigenvalue weighted by Gasteiger charge is -2.13. The number of hydrogen-bond donors (Lipinski definition) is 3. The van der Waals surface area contributed by atoms with E-state index in [0.717, 1.165) is 0 Å². The molecule has 0 saturated carbocycles. The van der Waals surface area contributed by atoms with Crippen LogP contribution in [0.5, 0.6) is 0 Å². The molecular formula is C8H14O7. The molecule has 0 saturated heterocycles. The summed E-state index contributed by atoms with van der Waals surface area (Å²) in [5.41, 5.74) is 0. The molecule has 1 unspecified atom stereocenters. The Morgan fingerprint density at radius 1 is 1.13 bits per heavy atom. The summed E-state index contributed by atoms with van der Waals surface area (Å²) >= 11 is 0. The van der Waals surface area contributed by atoms with E-state index in [1.165, 1.54) is 0 Å². The van der Waals surface area contributed by atoms with Gasteiger partial charge in [-0.1, -0.05) is 0 Å². The molecular weight excluding hydrogens is 208 g/mol. The van der Waals surface area contributed by atoms with E-state index < -0.39 is 24.5 Å². The van der Waals surface area contributed by atoms with Gasteiger partial charge in [-0.3, -0.25) is 4.79 Å². The number of ether oxygens (including phenoxy) is 2. The Morgan fingerprint density at radius 2 is 1.73 bits per heavy atom. The molecule has 0 rings (SSSR count). The summed E-state index contributed by atoms with van der Waals surface area (Å²) in [7, 11) is 0. The fourth-order valence-electron chi connectivity index (χ4n) is 0.803. The zero-order valence-electron chi connectivity index (χ0n) is 8.09. The largest absolute Gasteiger partial charge is 0.481 e. The van der Waals surface area contributed by atoms with Crippen LogP contribution in [0.4, 0.5) is 0 Å². The van der Waals surface area contributed by atoms with E-state index in [0.29, 0.717) is 0 Å². The fraction of sp³-hybridized carbons (Fsp3) is 0.750. The van der Waals surface area contributed by atoms with Gasteiger partial charge in [-0.25, -0.2) is 4.79 Å². The summed E-state index contributed by atoms with van der Waals surface area (Å²) in [6, 6.07) is 0. The highest BCUT2D eigenvalue weighted by Crippen LogP contribution is 2.01. The maximum absolute atomic E-state index is 11.1. The summed E-state index contributed by atoms with van der Waals surface area (Å²) in [6.07, 6.45) is -1.79. The predicted octanol–water partition coefficient (Wildman–Crippen LogP) is -1.63. The Balaban J connectivity index is 4.07. The quantitative estimate of drug-likeness (QED) is 0.423. The van der Waals surface area contributed by atoms with Crippen molar-refractivity contribution in [1.82, 2.24) is 0 Å². The first-order valence-electron chi connectivity index (χ1n) is 4.33. The van der Waals surface area contributed by atoms with Crippen LogP contribution in [0.3, 0.4) is 0 Å². The van der Waals surface area contributed by atoms with Crippen LogP contribution >= 0.6 is 0 Å². The maximum atomic E-state index is 11.1. The van der Waals surface area contributed by atoms with Gasteiger partial charge in [-0.15, -0.1) is 0 Å². The van der Waals surface area contributed by atoms with Gasteiger partial charge in [0.25, 0.3) is 0 Å². The van der Waals surface area contributed by atoms with Gasteiger partial charge >= 0.3 is 11.9 Å². The van der Waals surface area contributed by atoms with Crippen molar-refractivity contribution in [1.29, 1.82) is 0 Å². The number of carboxylic acids is 1. The summed E-state index contributed by atoms with van der Waals surface area (Å²) < 4.78 is 9.27. The van der Waals surface area contributed by atoms with E-state index in [1.807, 2.05) is 0 Å². The normalized spacial score (nSPS) is 12.1. The Labute approximate surface area is 86.2 Å². The standard InChI is InChI=1S/C8H14O7/c9-1-3-14-6(5-7(11)12)8(13)15-4-2-10/h6,9-10H,1-5H2,(H,11,12). The molecule has 88 valence electrons. The van der Waals surface area contributed by atoms with Crippen LogP contribution in [0, 0.1) is 0 Å². The van der Waals surface area contributed by atoms with Crippen molar-refractivity contribution in [2.24, 2.45) is 0 Å². The maximum Gasteiger partial charge on any atom is 0.335 e. The van der Waals surface area contributed by atoms with Gasteiger partial charge in [-0.05, 0) is 0 Å². The van der Waals surface area contributed by atoms with Crippen molar-refractivity contribution in [2.45, 2.75) is 12.5 Å². The van der Waals surface area contributed by atoms with Crippen LogP contribution < -0.4 is 0 Å². The summed E-state index contributed by atoms with van der Waals surface area (Å²) in [6.45, 7) is -1.02. The van der Waals surface area contributed by atoms with Crippen molar-refractivity contribution < 1.29 is 34.4 Å². The molecule has 3 N–H and O–H groups in total. The highest BCUT2D eigenvalue weighted by Gasteiger charge is 2.23. The molecule has 1 atom stereocenters. The van der Waals surface area contributed by atoms with Gasteiger partial charge in [0.05, 0.1) is 26.2 Å². The first kappa shape index (κ1) is 13.8. The molecule has 0 spiro atoms. The summed E-state index contributed by atoms with van der Waals surface area (Å²) in [5.74, 6) is -2.07. The van der Waals surface area contributed by atoms with Gasteiger partial charge in [0.1, 0.15) is 6.61 Å². The van der Waals surface area contributed by atoms with Gasteiger partial charge in [0.15, 0.2) is 6.10 Å². The molecule has 0 aliphatic carbocycles. The molecule has 0 aromatic heterocycles. The lowest BCUT2D eigenvalue weighted by Crippen LogP contribution is -2.30. The fourth-order valence-corrected chi connectivity index (χ4v) is 0.803. The van der Waals surface area contributed by atoms with Gasteiger partial charge in [0, 0.05) is 0 Å². The minimum Gasteiger partial charge on any atom is -0.481 e. The van der Waals surface area contributed by atoms with E-state index in [1.54, 1.807) is 0 Å². The predicted molar refractivity (Wildman–Crippen MR) is 47.1 cm³/mol. The van der Waals surface area contributed by atoms with E-state index in [-0.39, 0.29) is 26.4 Å². The average molecular weight is 222 g/mol. The summed E-state index contributed by atoms with van der Waals surface area (Å²) in [5, 5.41) is 25.3. The lowest BCUT2D eigenvalue weighted by molar-refractivity contribution is -0.163. The number of esters is 1. The molecule has 0 fully saturated rings. The first-order chi connectivity index (χ1) is 7.11. The van der Waals surface area contributed by atoms with E-state index >= 15 is 0 Å². The number of carbonyl (C=O) groups excluding carboxylic acids is 1. The van der Waals surface area contributed by atoms with Crippen molar-refractivity contribution in [3.63, 3.8) is 0 Å². The van der Waals surface area contributed by atoms with Crippen LogP contribution in [0.2, 0.25) is 0 Å². The first-order valence-corrected chi connectivity index (χ1v) is 4.33. The van der Waals surface area contributed by atoms with Crippen molar-refractivity contribution >= 4 is 11.9 Å². The molecule has 15 heavy (non-hydrogen) atoms. The van der Waals surface area contributed by atoms with Gasteiger partial charge in [-0.2, -0.15) is 0 Å². The molecule has 0 aliphatic heterocycles. The monoisotopic (exact) mass is 222 g/mol. The summed E-state index contributed by atoms with van der Waals surface area (Å²) in [4.78, 5) is 21.5. The zero-order chi connectivity index (χ0) is 11.7. The number of carboxylic acid groups (broad SMARTS) is 1. The molecule has 0 aromatic rings. The van der Waals surface area contributed by atoms with Gasteiger partial charge in [0.2, 0.25) is 0 Å². The second kappa shape index (κ2) is 8.16. The number of carbonyl (C=O) groups is 2. The Bertz CT molecular complexity index is 203.